The molecule has 1 fully saturated rings. The number of benzene rings is 1. The van der Waals surface area contributed by atoms with E-state index < -0.39 is 9.84 Å². The number of sulfone groups is 1. The molecule has 0 spiro atoms. The van der Waals surface area contributed by atoms with Gasteiger partial charge in [0, 0.05) is 17.5 Å². The van der Waals surface area contributed by atoms with E-state index in [1.54, 1.807) is 0 Å². The lowest BCUT2D eigenvalue weighted by atomic mass is 9.86. The minimum atomic E-state index is -3.45. The largest absolute Gasteiger partial charge is 0.353 e. The van der Waals surface area contributed by atoms with Gasteiger partial charge in [-0.25, -0.2) is 8.42 Å². The van der Waals surface area contributed by atoms with Crippen molar-refractivity contribution < 1.29 is 13.2 Å². The van der Waals surface area contributed by atoms with Gasteiger partial charge < -0.3 is 5.32 Å². The SMILES string of the molecule is C[C@@H]1CCCC[C@@H]1NC(=O)CCS(=O)(=O)c1ccc(Cl)cc1. The van der Waals surface area contributed by atoms with Crippen molar-refractivity contribution in [2.45, 2.75) is 50.0 Å². The average Bonchev–Trinajstić information content (AvgIpc) is 2.48. The first kappa shape index (κ1) is 17.3. The molecule has 1 aromatic carbocycles. The first-order valence-corrected chi connectivity index (χ1v) is 9.69. The van der Waals surface area contributed by atoms with E-state index in [1.165, 1.54) is 30.7 Å². The number of rotatable bonds is 5. The molecule has 1 aliphatic rings. The Hall–Kier alpha value is -1.07. The highest BCUT2D eigenvalue weighted by atomic mass is 35.5. The molecule has 0 heterocycles. The molecule has 4 nitrogen and oxygen atoms in total. The summed E-state index contributed by atoms with van der Waals surface area (Å²) in [4.78, 5) is 12.2. The fraction of sp³-hybridized carbons (Fsp3) is 0.562. The van der Waals surface area contributed by atoms with E-state index in [0.29, 0.717) is 10.9 Å². The predicted octanol–water partition coefficient (Wildman–Crippen LogP) is 3.20. The van der Waals surface area contributed by atoms with Gasteiger partial charge in [0.25, 0.3) is 0 Å². The molecule has 0 aromatic heterocycles. The van der Waals surface area contributed by atoms with Gasteiger partial charge >= 0.3 is 0 Å². The molecule has 2 atom stereocenters. The summed E-state index contributed by atoms with van der Waals surface area (Å²) in [6.45, 7) is 2.13. The fourth-order valence-corrected chi connectivity index (χ4v) is 4.16. The zero-order chi connectivity index (χ0) is 16.2. The summed E-state index contributed by atoms with van der Waals surface area (Å²) in [5, 5.41) is 3.47. The van der Waals surface area contributed by atoms with Crippen molar-refractivity contribution in [3.63, 3.8) is 0 Å². The van der Waals surface area contributed by atoms with E-state index in [2.05, 4.69) is 12.2 Å². The molecule has 0 bridgehead atoms. The van der Waals surface area contributed by atoms with Crippen LogP contribution >= 0.6 is 11.6 Å². The Morgan fingerprint density at radius 3 is 2.50 bits per heavy atom. The summed E-state index contributed by atoms with van der Waals surface area (Å²) in [7, 11) is -3.45. The third-order valence-electron chi connectivity index (χ3n) is 4.23. The van der Waals surface area contributed by atoms with Crippen LogP contribution in [0.15, 0.2) is 29.2 Å². The maximum atomic E-state index is 12.2. The third kappa shape index (κ3) is 4.71. The lowest BCUT2D eigenvalue weighted by Gasteiger charge is -2.29. The van der Waals surface area contributed by atoms with Crippen LogP contribution in [-0.4, -0.2) is 26.1 Å². The molecular weight excluding hydrogens is 322 g/mol. The van der Waals surface area contributed by atoms with E-state index in [0.717, 1.165) is 19.3 Å². The van der Waals surface area contributed by atoms with Crippen molar-refractivity contribution in [3.8, 4) is 0 Å². The highest BCUT2D eigenvalue weighted by molar-refractivity contribution is 7.91. The van der Waals surface area contributed by atoms with Gasteiger partial charge in [-0.1, -0.05) is 31.4 Å². The Kier molecular flexibility index (Phi) is 5.87. The van der Waals surface area contributed by atoms with E-state index in [9.17, 15) is 13.2 Å². The zero-order valence-electron chi connectivity index (χ0n) is 12.7. The quantitative estimate of drug-likeness (QED) is 0.893. The van der Waals surface area contributed by atoms with E-state index >= 15 is 0 Å². The minimum absolute atomic E-state index is 0.00577. The Labute approximate surface area is 137 Å². The number of halogens is 1. The lowest BCUT2D eigenvalue weighted by molar-refractivity contribution is -0.122. The van der Waals surface area contributed by atoms with Gasteiger partial charge in [-0.05, 0) is 43.0 Å². The molecular formula is C16H22ClNO3S. The molecule has 1 amide bonds. The number of amides is 1. The van der Waals surface area contributed by atoms with Crippen LogP contribution in [0.5, 0.6) is 0 Å². The number of hydrogen-bond donors (Lipinski definition) is 1. The summed E-state index contributed by atoms with van der Waals surface area (Å²) in [5.74, 6) is 0.100. The summed E-state index contributed by atoms with van der Waals surface area (Å²) in [5.41, 5.74) is 0. The summed E-state index contributed by atoms with van der Waals surface area (Å²) < 4.78 is 24.4. The van der Waals surface area contributed by atoms with Crippen LogP contribution in [0.4, 0.5) is 0 Å². The second-order valence-electron chi connectivity index (χ2n) is 5.96. The molecule has 0 radical (unpaired) electrons. The van der Waals surface area contributed by atoms with Crippen molar-refractivity contribution >= 4 is 27.3 Å². The molecule has 0 aliphatic heterocycles. The number of carbonyl (C=O) groups excluding carboxylic acids is 1. The highest BCUT2D eigenvalue weighted by Crippen LogP contribution is 2.23. The Morgan fingerprint density at radius 2 is 1.86 bits per heavy atom. The molecule has 2 rings (SSSR count). The van der Waals surface area contributed by atoms with Gasteiger partial charge in [0.2, 0.25) is 5.91 Å². The first-order chi connectivity index (χ1) is 10.4. The fourth-order valence-electron chi connectivity index (χ4n) is 2.80. The topological polar surface area (TPSA) is 63.2 Å². The first-order valence-electron chi connectivity index (χ1n) is 7.66. The van der Waals surface area contributed by atoms with Gasteiger partial charge in [-0.15, -0.1) is 0 Å². The molecule has 0 saturated heterocycles. The van der Waals surface area contributed by atoms with Crippen LogP contribution in [0.25, 0.3) is 0 Å². The number of hydrogen-bond acceptors (Lipinski definition) is 3. The Morgan fingerprint density at radius 1 is 1.23 bits per heavy atom. The smallest absolute Gasteiger partial charge is 0.221 e. The summed E-state index contributed by atoms with van der Waals surface area (Å²) in [6.07, 6.45) is 4.43. The standard InChI is InChI=1S/C16H22ClNO3S/c1-12-4-2-3-5-15(12)18-16(19)10-11-22(20,21)14-8-6-13(17)7-9-14/h6-9,12,15H,2-5,10-11H2,1H3,(H,18,19)/t12-,15+/m1/s1. The second kappa shape index (κ2) is 7.47. The van der Waals surface area contributed by atoms with Gasteiger partial charge in [-0.2, -0.15) is 0 Å². The molecule has 1 N–H and O–H groups in total. The highest BCUT2D eigenvalue weighted by Gasteiger charge is 2.23. The monoisotopic (exact) mass is 343 g/mol. The predicted molar refractivity (Wildman–Crippen MR) is 87.7 cm³/mol. The van der Waals surface area contributed by atoms with Crippen molar-refractivity contribution in [1.82, 2.24) is 5.32 Å². The second-order valence-corrected chi connectivity index (χ2v) is 8.50. The average molecular weight is 344 g/mol. The molecule has 122 valence electrons. The molecule has 0 unspecified atom stereocenters. The van der Waals surface area contributed by atoms with Crippen molar-refractivity contribution in [2.24, 2.45) is 5.92 Å². The van der Waals surface area contributed by atoms with Crippen LogP contribution in [0.3, 0.4) is 0 Å². The van der Waals surface area contributed by atoms with Crippen LogP contribution in [0.1, 0.15) is 39.0 Å². The lowest BCUT2D eigenvalue weighted by Crippen LogP contribution is -2.41. The number of carbonyl (C=O) groups is 1. The van der Waals surface area contributed by atoms with E-state index in [4.69, 9.17) is 11.6 Å². The molecule has 1 aromatic rings. The Bertz CT molecular complexity index is 613. The van der Waals surface area contributed by atoms with Crippen LogP contribution in [0, 0.1) is 5.92 Å². The summed E-state index contributed by atoms with van der Waals surface area (Å²) in [6, 6.07) is 6.20. The maximum absolute atomic E-state index is 12.2. The van der Waals surface area contributed by atoms with Crippen LogP contribution in [0.2, 0.25) is 5.02 Å². The normalized spacial score (nSPS) is 22.3. The van der Waals surface area contributed by atoms with Crippen molar-refractivity contribution in [1.29, 1.82) is 0 Å². The minimum Gasteiger partial charge on any atom is -0.353 e. The van der Waals surface area contributed by atoms with E-state index in [-0.39, 0.29) is 29.0 Å². The van der Waals surface area contributed by atoms with E-state index in [1.807, 2.05) is 0 Å². The summed E-state index contributed by atoms with van der Waals surface area (Å²) >= 11 is 5.75. The third-order valence-corrected chi connectivity index (χ3v) is 6.21. The molecule has 6 heteroatoms. The number of nitrogens with one attached hydrogen (secondary N) is 1. The van der Waals surface area contributed by atoms with Gasteiger partial charge in [0.05, 0.1) is 10.6 Å². The molecule has 1 saturated carbocycles. The molecule has 1 aliphatic carbocycles. The van der Waals surface area contributed by atoms with Gasteiger partial charge in [-0.3, -0.25) is 4.79 Å². The Balaban J connectivity index is 1.88. The maximum Gasteiger partial charge on any atom is 0.221 e. The zero-order valence-corrected chi connectivity index (χ0v) is 14.3. The van der Waals surface area contributed by atoms with Crippen molar-refractivity contribution in [3.05, 3.63) is 29.3 Å². The van der Waals surface area contributed by atoms with Crippen LogP contribution < -0.4 is 5.32 Å². The van der Waals surface area contributed by atoms with Gasteiger partial charge in [0.1, 0.15) is 0 Å². The van der Waals surface area contributed by atoms with Crippen molar-refractivity contribution in [2.75, 3.05) is 5.75 Å². The van der Waals surface area contributed by atoms with Gasteiger partial charge in [0.15, 0.2) is 9.84 Å². The van der Waals surface area contributed by atoms with Crippen LogP contribution in [-0.2, 0) is 14.6 Å². The molecule has 22 heavy (non-hydrogen) atoms.